The van der Waals surface area contributed by atoms with Crippen LogP contribution in [0.3, 0.4) is 0 Å². The van der Waals surface area contributed by atoms with Gasteiger partial charge in [0, 0.05) is 6.42 Å². The van der Waals surface area contributed by atoms with E-state index in [4.69, 9.17) is 4.74 Å². The number of hydrogen-bond acceptors (Lipinski definition) is 2. The van der Waals surface area contributed by atoms with Crippen LogP contribution >= 0.6 is 0 Å². The number of ether oxygens (including phenoxy) is 1. The highest BCUT2D eigenvalue weighted by atomic mass is 16.5. The van der Waals surface area contributed by atoms with Crippen LogP contribution in [0.2, 0.25) is 0 Å². The van der Waals surface area contributed by atoms with Crippen LogP contribution in [0.25, 0.3) is 0 Å². The minimum Gasteiger partial charge on any atom is -0.463 e. The molecule has 0 saturated heterocycles. The van der Waals surface area contributed by atoms with Crippen molar-refractivity contribution in [2.24, 2.45) is 0 Å². The smallest absolute Gasteiger partial charge is 0.306 e. The first-order valence-corrected chi connectivity index (χ1v) is 8.63. The van der Waals surface area contributed by atoms with E-state index >= 15 is 0 Å². The van der Waals surface area contributed by atoms with Crippen LogP contribution in [-0.4, -0.2) is 12.1 Å². The lowest BCUT2D eigenvalue weighted by atomic mass is 10.1. The molecule has 0 saturated carbocycles. The summed E-state index contributed by atoms with van der Waals surface area (Å²) < 4.78 is 5.45. The maximum atomic E-state index is 11.7. The normalized spacial score (nSPS) is 25.4. The third-order valence-corrected chi connectivity index (χ3v) is 3.98. The molecular weight excluding hydrogens is 248 g/mol. The van der Waals surface area contributed by atoms with Crippen LogP contribution in [0.4, 0.5) is 0 Å². The molecule has 0 aromatic carbocycles. The Morgan fingerprint density at radius 2 is 1.40 bits per heavy atom. The zero-order valence-corrected chi connectivity index (χ0v) is 13.2. The molecule has 2 heteroatoms. The van der Waals surface area contributed by atoms with E-state index in [1.54, 1.807) is 0 Å². The average Bonchev–Trinajstić information content (AvgIpc) is 2.42. The van der Waals surface area contributed by atoms with Crippen LogP contribution in [-0.2, 0) is 9.53 Å². The predicted molar refractivity (Wildman–Crippen MR) is 84.7 cm³/mol. The number of cyclic esters (lactones) is 1. The van der Waals surface area contributed by atoms with Crippen LogP contribution in [0.1, 0.15) is 90.4 Å². The van der Waals surface area contributed by atoms with E-state index in [-0.39, 0.29) is 12.1 Å². The van der Waals surface area contributed by atoms with Gasteiger partial charge in [0.2, 0.25) is 0 Å². The standard InChI is InChI=1S/C18H32O2/c1-17-15-13-11-9-7-5-3-2-4-6-8-10-12-14-16-18(19)20-17/h2-3,17H,4-16H2,1H3/t17-/m0/s1. The largest absolute Gasteiger partial charge is 0.463 e. The van der Waals surface area contributed by atoms with Gasteiger partial charge in [-0.25, -0.2) is 0 Å². The van der Waals surface area contributed by atoms with Gasteiger partial charge >= 0.3 is 5.97 Å². The second-order valence-electron chi connectivity index (χ2n) is 6.07. The first kappa shape index (κ1) is 17.3. The van der Waals surface area contributed by atoms with Crippen LogP contribution in [0.5, 0.6) is 0 Å². The van der Waals surface area contributed by atoms with Crippen LogP contribution < -0.4 is 0 Å². The highest BCUT2D eigenvalue weighted by Gasteiger charge is 2.08. The van der Waals surface area contributed by atoms with Crippen molar-refractivity contribution >= 4 is 5.97 Å². The molecule has 0 aliphatic carbocycles. The summed E-state index contributed by atoms with van der Waals surface area (Å²) in [6.45, 7) is 2.03. The quantitative estimate of drug-likeness (QED) is 0.429. The molecule has 1 atom stereocenters. The zero-order valence-electron chi connectivity index (χ0n) is 13.2. The number of esters is 1. The molecule has 0 spiro atoms. The molecular formula is C18H32O2. The van der Waals surface area contributed by atoms with E-state index in [9.17, 15) is 4.79 Å². The fourth-order valence-corrected chi connectivity index (χ4v) is 2.69. The van der Waals surface area contributed by atoms with Gasteiger partial charge in [-0.05, 0) is 51.9 Å². The van der Waals surface area contributed by atoms with E-state index in [1.165, 1.54) is 57.8 Å². The maximum absolute atomic E-state index is 11.7. The Morgan fingerprint density at radius 3 is 2.10 bits per heavy atom. The molecule has 1 aliphatic heterocycles. The summed E-state index contributed by atoms with van der Waals surface area (Å²) in [6, 6.07) is 0. The van der Waals surface area contributed by atoms with Gasteiger partial charge in [0.25, 0.3) is 0 Å². The Labute approximate surface area is 125 Å². The van der Waals surface area contributed by atoms with Crippen molar-refractivity contribution in [3.05, 3.63) is 12.2 Å². The number of carbonyl (C=O) groups is 1. The van der Waals surface area contributed by atoms with Crippen LogP contribution in [0.15, 0.2) is 12.2 Å². The Bertz CT molecular complexity index is 271. The van der Waals surface area contributed by atoms with Gasteiger partial charge in [-0.3, -0.25) is 4.79 Å². The lowest BCUT2D eigenvalue weighted by Crippen LogP contribution is -2.14. The first-order chi connectivity index (χ1) is 9.79. The lowest BCUT2D eigenvalue weighted by Gasteiger charge is -2.13. The van der Waals surface area contributed by atoms with Gasteiger partial charge in [-0.1, -0.05) is 44.3 Å². The Hall–Kier alpha value is -0.790. The monoisotopic (exact) mass is 280 g/mol. The van der Waals surface area contributed by atoms with Crippen molar-refractivity contribution in [1.82, 2.24) is 0 Å². The lowest BCUT2D eigenvalue weighted by molar-refractivity contribution is -0.148. The number of hydrogen-bond donors (Lipinski definition) is 0. The fourth-order valence-electron chi connectivity index (χ4n) is 2.69. The molecule has 0 bridgehead atoms. The Morgan fingerprint density at radius 1 is 0.850 bits per heavy atom. The van der Waals surface area contributed by atoms with Gasteiger partial charge in [-0.2, -0.15) is 0 Å². The van der Waals surface area contributed by atoms with E-state index in [1.807, 2.05) is 6.92 Å². The van der Waals surface area contributed by atoms with Gasteiger partial charge in [0.15, 0.2) is 0 Å². The van der Waals surface area contributed by atoms with Crippen molar-refractivity contribution in [2.45, 2.75) is 96.5 Å². The van der Waals surface area contributed by atoms with Crippen LogP contribution in [0, 0.1) is 0 Å². The molecule has 1 rings (SSSR count). The van der Waals surface area contributed by atoms with Crippen molar-refractivity contribution in [1.29, 1.82) is 0 Å². The number of rotatable bonds is 0. The molecule has 0 unspecified atom stereocenters. The Balaban J connectivity index is 2.25. The van der Waals surface area contributed by atoms with Crippen molar-refractivity contribution < 1.29 is 9.53 Å². The summed E-state index contributed by atoms with van der Waals surface area (Å²) in [6.07, 6.45) is 19.9. The molecule has 0 N–H and O–H groups in total. The minimum absolute atomic E-state index is 0.00143. The minimum atomic E-state index is 0.00143. The van der Waals surface area contributed by atoms with Gasteiger partial charge in [0.1, 0.15) is 0 Å². The van der Waals surface area contributed by atoms with E-state index in [0.717, 1.165) is 19.3 Å². The maximum Gasteiger partial charge on any atom is 0.306 e. The average molecular weight is 280 g/mol. The molecule has 1 heterocycles. The molecule has 0 aromatic heterocycles. The van der Waals surface area contributed by atoms with E-state index < -0.39 is 0 Å². The molecule has 20 heavy (non-hydrogen) atoms. The first-order valence-electron chi connectivity index (χ1n) is 8.63. The highest BCUT2D eigenvalue weighted by molar-refractivity contribution is 5.69. The third-order valence-electron chi connectivity index (χ3n) is 3.98. The fraction of sp³-hybridized carbons (Fsp3) is 0.833. The SMILES string of the molecule is C[C@H]1CCCCCCC=CCCCCCCCC(=O)O1. The molecule has 2 nitrogen and oxygen atoms in total. The second kappa shape index (κ2) is 12.0. The molecule has 0 amide bonds. The third kappa shape index (κ3) is 10.1. The highest BCUT2D eigenvalue weighted by Crippen LogP contribution is 2.13. The molecule has 1 aliphatic rings. The van der Waals surface area contributed by atoms with E-state index in [2.05, 4.69) is 12.2 Å². The molecule has 0 fully saturated rings. The number of carbonyl (C=O) groups excluding carboxylic acids is 1. The summed E-state index contributed by atoms with van der Waals surface area (Å²) in [7, 11) is 0. The Kier molecular flexibility index (Phi) is 10.3. The molecule has 0 aromatic rings. The van der Waals surface area contributed by atoms with Crippen molar-refractivity contribution in [3.63, 3.8) is 0 Å². The van der Waals surface area contributed by atoms with E-state index in [0.29, 0.717) is 6.42 Å². The zero-order chi connectivity index (χ0) is 14.5. The van der Waals surface area contributed by atoms with Crippen molar-refractivity contribution in [3.8, 4) is 0 Å². The summed E-state index contributed by atoms with van der Waals surface area (Å²) in [5.41, 5.74) is 0. The predicted octanol–water partition coefficient (Wildman–Crippen LogP) is 5.56. The van der Waals surface area contributed by atoms with Gasteiger partial charge in [-0.15, -0.1) is 0 Å². The summed E-state index contributed by atoms with van der Waals surface area (Å²) >= 11 is 0. The van der Waals surface area contributed by atoms with Crippen molar-refractivity contribution in [2.75, 3.05) is 0 Å². The van der Waals surface area contributed by atoms with Gasteiger partial charge < -0.3 is 4.74 Å². The summed E-state index contributed by atoms with van der Waals surface area (Å²) in [5.74, 6) is 0.00143. The summed E-state index contributed by atoms with van der Waals surface area (Å²) in [5, 5.41) is 0. The summed E-state index contributed by atoms with van der Waals surface area (Å²) in [4.78, 5) is 11.7. The number of allylic oxidation sites excluding steroid dienone is 2. The second-order valence-corrected chi connectivity index (χ2v) is 6.07. The topological polar surface area (TPSA) is 26.3 Å². The molecule has 0 radical (unpaired) electrons. The molecule has 116 valence electrons. The van der Waals surface area contributed by atoms with Gasteiger partial charge in [0.05, 0.1) is 6.10 Å².